The molecule has 11 heteroatoms. The van der Waals surface area contributed by atoms with Crippen molar-refractivity contribution in [3.8, 4) is 17.1 Å². The second-order valence-electron chi connectivity index (χ2n) is 11.0. The molecule has 0 saturated carbocycles. The molecule has 45 heavy (non-hydrogen) atoms. The van der Waals surface area contributed by atoms with Crippen molar-refractivity contribution >= 4 is 35.7 Å². The molecule has 0 spiro atoms. The fourth-order valence-corrected chi connectivity index (χ4v) is 5.25. The molecule has 6 rings (SSSR count). The monoisotopic (exact) mass is 603 g/mol. The third-order valence-electron chi connectivity index (χ3n) is 7.69. The van der Waals surface area contributed by atoms with Crippen molar-refractivity contribution in [1.82, 2.24) is 15.0 Å². The number of aromatic hydroxyl groups is 1. The number of hydrogen-bond acceptors (Lipinski definition) is 10. The van der Waals surface area contributed by atoms with Gasteiger partial charge in [-0.15, -0.1) is 0 Å². The highest BCUT2D eigenvalue weighted by molar-refractivity contribution is 5.92. The molecule has 1 aliphatic heterocycles. The van der Waals surface area contributed by atoms with Gasteiger partial charge in [-0.3, -0.25) is 0 Å². The molecule has 5 aromatic rings. The molecule has 1 fully saturated rings. The minimum atomic E-state index is -1.23. The molecule has 0 amide bonds. The van der Waals surface area contributed by atoms with E-state index >= 15 is 0 Å². The summed E-state index contributed by atoms with van der Waals surface area (Å²) in [7, 11) is 0. The van der Waals surface area contributed by atoms with Crippen LogP contribution in [0, 0.1) is 12.8 Å². The molecule has 3 heterocycles. The number of nitrogens with zero attached hydrogens (tertiary/aromatic N) is 5. The van der Waals surface area contributed by atoms with Crippen LogP contribution in [0.15, 0.2) is 94.4 Å². The van der Waals surface area contributed by atoms with Crippen LogP contribution in [0.1, 0.15) is 40.1 Å². The molecule has 0 radical (unpaired) electrons. The summed E-state index contributed by atoms with van der Waals surface area (Å²) < 4.78 is 5.83. The van der Waals surface area contributed by atoms with Gasteiger partial charge in [-0.25, -0.2) is 10.2 Å². The molecular weight excluding hydrogens is 570 g/mol. The van der Waals surface area contributed by atoms with E-state index in [1.165, 1.54) is 23.9 Å². The number of hydrogen-bond donors (Lipinski definition) is 4. The van der Waals surface area contributed by atoms with Crippen LogP contribution in [0.4, 0.5) is 23.5 Å². The van der Waals surface area contributed by atoms with Gasteiger partial charge >= 0.3 is 5.97 Å². The Morgan fingerprint density at radius 1 is 0.978 bits per heavy atom. The number of phenols is 1. The summed E-state index contributed by atoms with van der Waals surface area (Å²) in [6, 6.07) is 26.2. The van der Waals surface area contributed by atoms with Crippen molar-refractivity contribution in [2.45, 2.75) is 26.2 Å². The van der Waals surface area contributed by atoms with Crippen LogP contribution in [0.25, 0.3) is 11.3 Å². The predicted octanol–water partition coefficient (Wildman–Crippen LogP) is 6.49. The Labute approximate surface area is 260 Å². The van der Waals surface area contributed by atoms with Gasteiger partial charge in [0.1, 0.15) is 22.8 Å². The van der Waals surface area contributed by atoms with Gasteiger partial charge in [-0.2, -0.15) is 20.1 Å². The van der Waals surface area contributed by atoms with Crippen LogP contribution in [-0.2, 0) is 6.42 Å². The molecule has 0 bridgehead atoms. The van der Waals surface area contributed by atoms with Crippen molar-refractivity contribution in [2.75, 3.05) is 28.7 Å². The first kappa shape index (κ1) is 29.4. The first-order valence-corrected chi connectivity index (χ1v) is 14.7. The van der Waals surface area contributed by atoms with Gasteiger partial charge in [0.05, 0.1) is 6.21 Å². The quantitative estimate of drug-likeness (QED) is 0.103. The summed E-state index contributed by atoms with van der Waals surface area (Å²) in [5.41, 5.74) is 6.58. The molecule has 11 nitrogen and oxygen atoms in total. The Morgan fingerprint density at radius 2 is 1.73 bits per heavy atom. The first-order chi connectivity index (χ1) is 21.9. The van der Waals surface area contributed by atoms with E-state index < -0.39 is 5.97 Å². The lowest BCUT2D eigenvalue weighted by atomic mass is 9.90. The van der Waals surface area contributed by atoms with E-state index in [0.29, 0.717) is 34.9 Å². The summed E-state index contributed by atoms with van der Waals surface area (Å²) in [5.74, 6) is 1.16. The first-order valence-electron chi connectivity index (χ1n) is 14.7. The van der Waals surface area contributed by atoms with Gasteiger partial charge < -0.3 is 24.8 Å². The van der Waals surface area contributed by atoms with Crippen molar-refractivity contribution in [1.29, 1.82) is 0 Å². The Balaban J connectivity index is 1.17. The van der Waals surface area contributed by atoms with Crippen LogP contribution in [0.5, 0.6) is 5.75 Å². The van der Waals surface area contributed by atoms with Gasteiger partial charge in [0, 0.05) is 24.3 Å². The van der Waals surface area contributed by atoms with E-state index in [-0.39, 0.29) is 17.3 Å². The number of carboxylic acid groups (broad SMARTS) is 1. The molecule has 1 saturated heterocycles. The highest BCUT2D eigenvalue weighted by atomic mass is 16.4. The topological polar surface area (TPSA) is 149 Å². The summed E-state index contributed by atoms with van der Waals surface area (Å²) in [6.45, 7) is 3.71. The fraction of sp³-hybridized carbons (Fsp3) is 0.206. The molecule has 0 unspecified atom stereocenters. The predicted molar refractivity (Wildman–Crippen MR) is 173 cm³/mol. The normalized spacial score (nSPS) is 13.7. The average molecular weight is 604 g/mol. The summed E-state index contributed by atoms with van der Waals surface area (Å²) in [6.07, 6.45) is 4.62. The number of rotatable bonds is 10. The lowest BCUT2D eigenvalue weighted by molar-refractivity contribution is 0.0693. The van der Waals surface area contributed by atoms with Gasteiger partial charge in [0.15, 0.2) is 0 Å². The highest BCUT2D eigenvalue weighted by Crippen LogP contribution is 2.28. The highest BCUT2D eigenvalue weighted by Gasteiger charge is 2.23. The number of piperidine rings is 1. The molecule has 4 N–H and O–H groups in total. The van der Waals surface area contributed by atoms with Crippen LogP contribution in [-0.4, -0.2) is 50.4 Å². The maximum absolute atomic E-state index is 11.4. The number of hydrazone groups is 1. The molecule has 0 atom stereocenters. The van der Waals surface area contributed by atoms with Crippen LogP contribution < -0.4 is 15.6 Å². The zero-order valence-electron chi connectivity index (χ0n) is 24.7. The van der Waals surface area contributed by atoms with E-state index in [0.717, 1.165) is 43.6 Å². The average Bonchev–Trinajstić information content (AvgIpc) is 3.52. The summed E-state index contributed by atoms with van der Waals surface area (Å²) >= 11 is 0. The molecular formula is C34H33N7O4. The van der Waals surface area contributed by atoms with Crippen LogP contribution >= 0.6 is 0 Å². The van der Waals surface area contributed by atoms with E-state index in [1.807, 2.05) is 37.3 Å². The number of nitrogens with one attached hydrogen (secondary N) is 2. The number of aryl methyl sites for hydroxylation is 1. The number of carbonyl (C=O) groups is 1. The van der Waals surface area contributed by atoms with Gasteiger partial charge in [-0.1, -0.05) is 48.0 Å². The van der Waals surface area contributed by atoms with Crippen molar-refractivity contribution in [3.63, 3.8) is 0 Å². The molecule has 0 aliphatic carbocycles. The molecule has 228 valence electrons. The van der Waals surface area contributed by atoms with E-state index in [2.05, 4.69) is 55.0 Å². The Morgan fingerprint density at radius 3 is 2.49 bits per heavy atom. The SMILES string of the molecule is Cc1ccc(Nc2nc(N/N=C\c3ccc(-c4ccc(O)c(C(=O)O)c4)o3)nc(N3CCC(Cc4ccccc4)CC3)n2)cc1. The third-order valence-corrected chi connectivity index (χ3v) is 7.69. The maximum atomic E-state index is 11.4. The van der Waals surface area contributed by atoms with E-state index in [9.17, 15) is 15.0 Å². The zero-order chi connectivity index (χ0) is 31.2. The van der Waals surface area contributed by atoms with Gasteiger partial charge in [0.25, 0.3) is 0 Å². The van der Waals surface area contributed by atoms with Crippen LogP contribution in [0.3, 0.4) is 0 Å². The second-order valence-corrected chi connectivity index (χ2v) is 11.0. The Bertz CT molecular complexity index is 1800. The zero-order valence-corrected chi connectivity index (χ0v) is 24.7. The number of aromatic nitrogens is 3. The van der Waals surface area contributed by atoms with Crippen molar-refractivity contribution in [2.24, 2.45) is 11.0 Å². The Hall–Kier alpha value is -5.71. The number of benzene rings is 3. The number of carboxylic acids is 1. The largest absolute Gasteiger partial charge is 0.507 e. The Kier molecular flexibility index (Phi) is 8.67. The summed E-state index contributed by atoms with van der Waals surface area (Å²) in [5, 5.41) is 26.7. The summed E-state index contributed by atoms with van der Waals surface area (Å²) in [4.78, 5) is 27.5. The lowest BCUT2D eigenvalue weighted by Crippen LogP contribution is -2.35. The molecule has 1 aliphatic rings. The molecule has 2 aromatic heterocycles. The van der Waals surface area contributed by atoms with Crippen molar-refractivity contribution < 1.29 is 19.4 Å². The molecule has 3 aromatic carbocycles. The fourth-order valence-electron chi connectivity index (χ4n) is 5.25. The number of anilines is 4. The minimum Gasteiger partial charge on any atom is -0.507 e. The third kappa shape index (κ3) is 7.45. The van der Waals surface area contributed by atoms with Crippen LogP contribution in [0.2, 0.25) is 0 Å². The number of aromatic carboxylic acids is 1. The van der Waals surface area contributed by atoms with Gasteiger partial charge in [-0.05, 0) is 80.1 Å². The van der Waals surface area contributed by atoms with E-state index in [1.54, 1.807) is 18.2 Å². The second kappa shape index (κ2) is 13.3. The smallest absolute Gasteiger partial charge is 0.339 e. The van der Waals surface area contributed by atoms with E-state index in [4.69, 9.17) is 9.40 Å². The standard InChI is InChI=1S/C34H33N7O4/c1-22-7-10-26(11-8-22)36-32-37-33(39-34(38-32)41-17-15-24(16-18-41)19-23-5-3-2-4-6-23)40-35-21-27-12-14-30(45-27)25-9-13-29(42)28(20-25)31(43)44/h2-14,20-21,24,42H,15-19H2,1H3,(H,43,44)(H2,36,37,38,39,40)/b35-21-. The maximum Gasteiger partial charge on any atom is 0.339 e. The van der Waals surface area contributed by atoms with Gasteiger partial charge in [0.2, 0.25) is 17.8 Å². The minimum absolute atomic E-state index is 0.207. The lowest BCUT2D eigenvalue weighted by Gasteiger charge is -2.32. The van der Waals surface area contributed by atoms with Crippen molar-refractivity contribution in [3.05, 3.63) is 107 Å². The number of furan rings is 1.